The van der Waals surface area contributed by atoms with E-state index in [1.165, 1.54) is 0 Å². The van der Waals surface area contributed by atoms with E-state index in [0.29, 0.717) is 0 Å². The molecule has 4 nitrogen and oxygen atoms in total. The monoisotopic (exact) mass is 292 g/mol. The van der Waals surface area contributed by atoms with E-state index < -0.39 is 5.60 Å². The van der Waals surface area contributed by atoms with Crippen LogP contribution in [0.2, 0.25) is 0 Å². The number of rotatable bonds is 6. The molecule has 21 heavy (non-hydrogen) atoms. The number of β-amino-alcohol motifs (C(OH)–C–C–N with tert-alkyl or cyclic N) is 1. The number of aliphatic hydroxyl groups excluding tert-OH is 1. The van der Waals surface area contributed by atoms with E-state index in [1.54, 1.807) is 0 Å². The molecule has 1 atom stereocenters. The zero-order chi connectivity index (χ0) is 15.3. The molecular formula is C17H28N2O2. The molecule has 1 unspecified atom stereocenters. The molecule has 1 fully saturated rings. The van der Waals surface area contributed by atoms with E-state index in [0.717, 1.165) is 51.3 Å². The Labute approximate surface area is 128 Å². The van der Waals surface area contributed by atoms with Gasteiger partial charge in [0, 0.05) is 39.3 Å². The summed E-state index contributed by atoms with van der Waals surface area (Å²) < 4.78 is 0. The van der Waals surface area contributed by atoms with Crippen LogP contribution in [-0.4, -0.2) is 64.9 Å². The Balaban J connectivity index is 1.69. The largest absolute Gasteiger partial charge is 0.389 e. The molecule has 0 spiro atoms. The van der Waals surface area contributed by atoms with Crippen molar-refractivity contribution in [3.63, 3.8) is 0 Å². The van der Waals surface area contributed by atoms with Gasteiger partial charge in [-0.15, -0.1) is 0 Å². The molecule has 1 aliphatic heterocycles. The van der Waals surface area contributed by atoms with E-state index in [4.69, 9.17) is 0 Å². The molecule has 1 aromatic carbocycles. The number of aliphatic hydroxyl groups is 2. The molecule has 0 radical (unpaired) electrons. The maximum atomic E-state index is 10.2. The summed E-state index contributed by atoms with van der Waals surface area (Å²) in [6.07, 6.45) is 0.399. The first kappa shape index (κ1) is 16.4. The van der Waals surface area contributed by atoms with Crippen LogP contribution in [0.5, 0.6) is 0 Å². The molecule has 1 heterocycles. The van der Waals surface area contributed by atoms with Crippen molar-refractivity contribution >= 4 is 0 Å². The van der Waals surface area contributed by atoms with E-state index >= 15 is 0 Å². The summed E-state index contributed by atoms with van der Waals surface area (Å²) in [6.45, 7) is 9.37. The summed E-state index contributed by atoms with van der Waals surface area (Å²) in [5.74, 6) is 0. The number of nitrogens with zero attached hydrogens (tertiary/aromatic N) is 2. The van der Waals surface area contributed by atoms with Gasteiger partial charge in [-0.3, -0.25) is 4.90 Å². The van der Waals surface area contributed by atoms with Crippen LogP contribution < -0.4 is 0 Å². The van der Waals surface area contributed by atoms with Crippen molar-refractivity contribution in [3.8, 4) is 0 Å². The standard InChI is InChI=1S/C17H28N2O2/c1-17(2,21)14-19-12-10-18(11-13-19)9-8-16(20)15-6-4-3-5-7-15/h3-7,16,20-21H,8-14H2,1-2H3. The zero-order valence-electron chi connectivity index (χ0n) is 13.2. The van der Waals surface area contributed by atoms with Gasteiger partial charge in [-0.05, 0) is 25.8 Å². The van der Waals surface area contributed by atoms with Crippen LogP contribution in [0.3, 0.4) is 0 Å². The summed E-state index contributed by atoms with van der Waals surface area (Å²) in [5, 5.41) is 20.0. The summed E-state index contributed by atoms with van der Waals surface area (Å²) in [6, 6.07) is 9.86. The third-order valence-corrected chi connectivity index (χ3v) is 3.98. The highest BCUT2D eigenvalue weighted by atomic mass is 16.3. The highest BCUT2D eigenvalue weighted by molar-refractivity contribution is 5.17. The molecule has 2 N–H and O–H groups in total. The minimum atomic E-state index is -0.619. The van der Waals surface area contributed by atoms with Gasteiger partial charge in [0.15, 0.2) is 0 Å². The topological polar surface area (TPSA) is 46.9 Å². The second kappa shape index (κ2) is 7.36. The van der Waals surface area contributed by atoms with E-state index in [1.807, 2.05) is 44.2 Å². The Hall–Kier alpha value is -0.940. The van der Waals surface area contributed by atoms with Crippen LogP contribution in [0.1, 0.15) is 31.9 Å². The van der Waals surface area contributed by atoms with Gasteiger partial charge in [0.2, 0.25) is 0 Å². The van der Waals surface area contributed by atoms with Crippen LogP contribution in [0, 0.1) is 0 Å². The molecule has 0 saturated carbocycles. The Bertz CT molecular complexity index is 409. The fourth-order valence-corrected chi connectivity index (χ4v) is 2.86. The van der Waals surface area contributed by atoms with Gasteiger partial charge in [-0.1, -0.05) is 30.3 Å². The van der Waals surface area contributed by atoms with Gasteiger partial charge in [0.25, 0.3) is 0 Å². The lowest BCUT2D eigenvalue weighted by molar-refractivity contribution is 0.0158. The first-order chi connectivity index (χ1) is 9.94. The molecule has 1 aliphatic rings. The predicted molar refractivity (Wildman–Crippen MR) is 85.2 cm³/mol. The molecule has 0 bridgehead atoms. The fraction of sp³-hybridized carbons (Fsp3) is 0.647. The van der Waals surface area contributed by atoms with Gasteiger partial charge in [0.05, 0.1) is 11.7 Å². The number of hydrogen-bond donors (Lipinski definition) is 2. The van der Waals surface area contributed by atoms with Crippen LogP contribution in [0.4, 0.5) is 0 Å². The molecule has 0 amide bonds. The van der Waals surface area contributed by atoms with Gasteiger partial charge in [0.1, 0.15) is 0 Å². The van der Waals surface area contributed by atoms with E-state index in [9.17, 15) is 10.2 Å². The zero-order valence-corrected chi connectivity index (χ0v) is 13.2. The second-order valence-corrected chi connectivity index (χ2v) is 6.65. The number of benzene rings is 1. The van der Waals surface area contributed by atoms with Crippen molar-refractivity contribution in [1.82, 2.24) is 9.80 Å². The lowest BCUT2D eigenvalue weighted by Crippen LogP contribution is -2.50. The van der Waals surface area contributed by atoms with Crippen LogP contribution in [-0.2, 0) is 0 Å². The smallest absolute Gasteiger partial charge is 0.0802 e. The number of hydrogen-bond acceptors (Lipinski definition) is 4. The van der Waals surface area contributed by atoms with Crippen molar-refractivity contribution < 1.29 is 10.2 Å². The van der Waals surface area contributed by atoms with Gasteiger partial charge < -0.3 is 15.1 Å². The molecular weight excluding hydrogens is 264 g/mol. The molecule has 1 saturated heterocycles. The Morgan fingerprint density at radius 1 is 1.05 bits per heavy atom. The molecule has 0 aliphatic carbocycles. The van der Waals surface area contributed by atoms with Gasteiger partial charge in [-0.2, -0.15) is 0 Å². The lowest BCUT2D eigenvalue weighted by Gasteiger charge is -2.37. The minimum absolute atomic E-state index is 0.374. The average molecular weight is 292 g/mol. The van der Waals surface area contributed by atoms with Crippen LogP contribution in [0.15, 0.2) is 30.3 Å². The molecule has 118 valence electrons. The fourth-order valence-electron chi connectivity index (χ4n) is 2.86. The first-order valence-corrected chi connectivity index (χ1v) is 7.84. The van der Waals surface area contributed by atoms with Gasteiger partial charge >= 0.3 is 0 Å². The second-order valence-electron chi connectivity index (χ2n) is 6.65. The predicted octanol–water partition coefficient (Wildman–Crippen LogP) is 1.50. The third kappa shape index (κ3) is 5.75. The minimum Gasteiger partial charge on any atom is -0.389 e. The van der Waals surface area contributed by atoms with Crippen LogP contribution >= 0.6 is 0 Å². The first-order valence-electron chi connectivity index (χ1n) is 7.84. The lowest BCUT2D eigenvalue weighted by atomic mass is 10.1. The maximum absolute atomic E-state index is 10.2. The quantitative estimate of drug-likeness (QED) is 0.834. The number of piperazine rings is 1. The normalized spacial score (nSPS) is 19.6. The van der Waals surface area contributed by atoms with E-state index in [-0.39, 0.29) is 6.10 Å². The van der Waals surface area contributed by atoms with Crippen molar-refractivity contribution in [2.24, 2.45) is 0 Å². The summed E-state index contributed by atoms with van der Waals surface area (Å²) in [5.41, 5.74) is 0.379. The van der Waals surface area contributed by atoms with E-state index in [2.05, 4.69) is 9.80 Å². The Kier molecular flexibility index (Phi) is 5.76. The SMILES string of the molecule is CC(C)(O)CN1CCN(CCC(O)c2ccccc2)CC1. The molecule has 2 rings (SSSR count). The van der Waals surface area contributed by atoms with Crippen LogP contribution in [0.25, 0.3) is 0 Å². The van der Waals surface area contributed by atoms with Crippen molar-refractivity contribution in [1.29, 1.82) is 0 Å². The Morgan fingerprint density at radius 2 is 1.62 bits per heavy atom. The summed E-state index contributed by atoms with van der Waals surface area (Å²) in [4.78, 5) is 4.71. The molecule has 4 heteroatoms. The third-order valence-electron chi connectivity index (χ3n) is 3.98. The summed E-state index contributed by atoms with van der Waals surface area (Å²) >= 11 is 0. The van der Waals surface area contributed by atoms with Gasteiger partial charge in [-0.25, -0.2) is 0 Å². The van der Waals surface area contributed by atoms with Crippen molar-refractivity contribution in [3.05, 3.63) is 35.9 Å². The average Bonchev–Trinajstić information content (AvgIpc) is 2.45. The maximum Gasteiger partial charge on any atom is 0.0802 e. The van der Waals surface area contributed by atoms with Crippen molar-refractivity contribution in [2.75, 3.05) is 39.3 Å². The highest BCUT2D eigenvalue weighted by Crippen LogP contribution is 2.17. The molecule has 0 aromatic heterocycles. The summed E-state index contributed by atoms with van der Waals surface area (Å²) in [7, 11) is 0. The highest BCUT2D eigenvalue weighted by Gasteiger charge is 2.22. The molecule has 1 aromatic rings. The Morgan fingerprint density at radius 3 is 2.19 bits per heavy atom. The van der Waals surface area contributed by atoms with Crippen molar-refractivity contribution in [2.45, 2.75) is 32.0 Å².